The first-order valence-corrected chi connectivity index (χ1v) is 14.5. The summed E-state index contributed by atoms with van der Waals surface area (Å²) in [5.41, 5.74) is 2.34. The molecule has 0 unspecified atom stereocenters. The lowest BCUT2D eigenvalue weighted by Crippen LogP contribution is -2.49. The number of nitrogens with zero attached hydrogens (tertiary/aromatic N) is 3. The first kappa shape index (κ1) is 28.2. The molecule has 0 spiro atoms. The monoisotopic (exact) mass is 545 g/mol. The summed E-state index contributed by atoms with van der Waals surface area (Å²) in [6.45, 7) is 7.00. The Balaban J connectivity index is 1.39. The molecule has 2 aromatic rings. The third kappa shape index (κ3) is 7.63. The molecule has 37 heavy (non-hydrogen) atoms. The molecule has 2 fully saturated rings. The van der Waals surface area contributed by atoms with Crippen molar-refractivity contribution in [3.63, 3.8) is 0 Å². The number of carbonyl (C=O) groups excluding carboxylic acids is 1. The van der Waals surface area contributed by atoms with E-state index in [0.717, 1.165) is 50.2 Å². The number of benzene rings is 2. The minimum atomic E-state index is -0.192. The molecule has 0 bridgehead atoms. The molecule has 0 aromatic heterocycles. The van der Waals surface area contributed by atoms with Crippen molar-refractivity contribution in [2.24, 2.45) is 0 Å². The van der Waals surface area contributed by atoms with Crippen molar-refractivity contribution < 1.29 is 9.53 Å². The van der Waals surface area contributed by atoms with Crippen molar-refractivity contribution in [2.75, 3.05) is 46.8 Å². The zero-order valence-corrected chi connectivity index (χ0v) is 24.0. The second kappa shape index (κ2) is 13.3. The molecule has 0 aliphatic carbocycles. The Morgan fingerprint density at radius 2 is 1.65 bits per heavy atom. The average molecular weight is 547 g/mol. The maximum Gasteiger partial charge on any atom is 0.240 e. The molecule has 2 atom stereocenters. The van der Waals surface area contributed by atoms with Crippen LogP contribution in [0.4, 0.5) is 0 Å². The molecule has 0 saturated carbocycles. The average Bonchev–Trinajstić information content (AvgIpc) is 3.41. The molecule has 1 amide bonds. The van der Waals surface area contributed by atoms with Gasteiger partial charge in [-0.1, -0.05) is 48.3 Å². The second-order valence-electron chi connectivity index (χ2n) is 10.7. The Bertz CT molecular complexity index is 1020. The third-order valence-corrected chi connectivity index (χ3v) is 8.37. The standard InChI is InChI=1S/C30H41Cl2N3O2/c1-4-26(21-34-15-5-6-16-34)37-29-20-25(32)11-12-27(29)23-13-17-35(18-14-23)30(36)28(33(2)3)19-22-7-9-24(31)10-8-22/h7-12,20,23,26,28H,4-6,13-19,21H2,1-3H3/t26-,28+/m0/s1. The number of halogens is 2. The number of likely N-dealkylation sites (tertiary alicyclic amines) is 2. The molecule has 2 aliphatic heterocycles. The highest BCUT2D eigenvalue weighted by atomic mass is 35.5. The highest BCUT2D eigenvalue weighted by Crippen LogP contribution is 2.37. The van der Waals surface area contributed by atoms with Crippen molar-refractivity contribution in [1.82, 2.24) is 14.7 Å². The number of likely N-dealkylation sites (N-methyl/N-ethyl adjacent to an activating group) is 1. The van der Waals surface area contributed by atoms with E-state index in [4.69, 9.17) is 27.9 Å². The van der Waals surface area contributed by atoms with Crippen LogP contribution in [0.2, 0.25) is 10.0 Å². The van der Waals surface area contributed by atoms with Gasteiger partial charge in [0.2, 0.25) is 5.91 Å². The molecule has 2 heterocycles. The van der Waals surface area contributed by atoms with Crippen LogP contribution < -0.4 is 4.74 Å². The van der Waals surface area contributed by atoms with Crippen LogP contribution in [0.15, 0.2) is 42.5 Å². The summed E-state index contributed by atoms with van der Waals surface area (Å²) in [6.07, 6.45) is 6.21. The van der Waals surface area contributed by atoms with Gasteiger partial charge >= 0.3 is 0 Å². The Morgan fingerprint density at radius 3 is 2.27 bits per heavy atom. The summed E-state index contributed by atoms with van der Waals surface area (Å²) in [5, 5.41) is 1.42. The quantitative estimate of drug-likeness (QED) is 0.360. The van der Waals surface area contributed by atoms with E-state index in [1.807, 2.05) is 60.3 Å². The van der Waals surface area contributed by atoms with Crippen molar-refractivity contribution in [1.29, 1.82) is 0 Å². The van der Waals surface area contributed by atoms with Crippen molar-refractivity contribution >= 4 is 29.1 Å². The van der Waals surface area contributed by atoms with E-state index in [2.05, 4.69) is 17.9 Å². The minimum absolute atomic E-state index is 0.158. The molecule has 7 heteroatoms. The Kier molecular flexibility index (Phi) is 10.2. The lowest BCUT2D eigenvalue weighted by atomic mass is 9.88. The number of carbonyl (C=O) groups is 1. The van der Waals surface area contributed by atoms with E-state index in [1.165, 1.54) is 31.5 Å². The molecule has 4 rings (SSSR count). The van der Waals surface area contributed by atoms with Crippen LogP contribution in [-0.4, -0.2) is 79.6 Å². The van der Waals surface area contributed by atoms with Gasteiger partial charge in [0, 0.05) is 29.7 Å². The number of piperidine rings is 1. The van der Waals surface area contributed by atoms with Crippen molar-refractivity contribution in [3.8, 4) is 5.75 Å². The van der Waals surface area contributed by atoms with Crippen LogP contribution in [0, 0.1) is 0 Å². The first-order chi connectivity index (χ1) is 17.8. The fourth-order valence-electron chi connectivity index (χ4n) is 5.59. The van der Waals surface area contributed by atoms with Gasteiger partial charge in [0.1, 0.15) is 11.9 Å². The van der Waals surface area contributed by atoms with Gasteiger partial charge in [-0.05, 0) is 107 Å². The Morgan fingerprint density at radius 1 is 1.00 bits per heavy atom. The second-order valence-corrected chi connectivity index (χ2v) is 11.6. The van der Waals surface area contributed by atoms with Crippen LogP contribution >= 0.6 is 23.2 Å². The third-order valence-electron chi connectivity index (χ3n) is 7.88. The molecule has 5 nitrogen and oxygen atoms in total. The number of hydrogen-bond acceptors (Lipinski definition) is 4. The molecular weight excluding hydrogens is 505 g/mol. The molecule has 202 valence electrons. The van der Waals surface area contributed by atoms with Gasteiger partial charge in [-0.2, -0.15) is 0 Å². The van der Waals surface area contributed by atoms with Gasteiger partial charge in [0.15, 0.2) is 0 Å². The predicted molar refractivity (Wildman–Crippen MR) is 153 cm³/mol. The van der Waals surface area contributed by atoms with Crippen LogP contribution in [0.1, 0.15) is 56.1 Å². The summed E-state index contributed by atoms with van der Waals surface area (Å²) < 4.78 is 6.59. The number of ether oxygens (including phenoxy) is 1. The van der Waals surface area contributed by atoms with Gasteiger partial charge < -0.3 is 9.64 Å². The topological polar surface area (TPSA) is 36.0 Å². The normalized spacial score (nSPS) is 18.8. The van der Waals surface area contributed by atoms with Gasteiger partial charge in [0.25, 0.3) is 0 Å². The number of rotatable bonds is 10. The summed E-state index contributed by atoms with van der Waals surface area (Å²) in [7, 11) is 3.96. The fraction of sp³-hybridized carbons (Fsp3) is 0.567. The van der Waals surface area contributed by atoms with E-state index >= 15 is 0 Å². The largest absolute Gasteiger partial charge is 0.489 e. The Labute approximate surface area is 232 Å². The van der Waals surface area contributed by atoms with E-state index in [0.29, 0.717) is 22.4 Å². The van der Waals surface area contributed by atoms with E-state index in [1.54, 1.807) is 0 Å². The van der Waals surface area contributed by atoms with E-state index in [-0.39, 0.29) is 18.1 Å². The van der Waals surface area contributed by atoms with Gasteiger partial charge in [-0.15, -0.1) is 0 Å². The highest BCUT2D eigenvalue weighted by molar-refractivity contribution is 6.30. The van der Waals surface area contributed by atoms with E-state index in [9.17, 15) is 4.79 Å². The van der Waals surface area contributed by atoms with Crippen LogP contribution in [0.3, 0.4) is 0 Å². The minimum Gasteiger partial charge on any atom is -0.489 e. The molecular formula is C30H41Cl2N3O2. The summed E-state index contributed by atoms with van der Waals surface area (Å²) in [5.74, 6) is 1.47. The van der Waals surface area contributed by atoms with E-state index < -0.39 is 0 Å². The molecule has 0 radical (unpaired) electrons. The van der Waals surface area contributed by atoms with Crippen molar-refractivity contribution in [3.05, 3.63) is 63.6 Å². The SMILES string of the molecule is CC[C@@H](CN1CCCC1)Oc1cc(Cl)ccc1C1CCN(C(=O)[C@@H](Cc2ccc(Cl)cc2)N(C)C)CC1. The molecule has 2 aliphatic rings. The zero-order chi connectivity index (χ0) is 26.4. The van der Waals surface area contributed by atoms with Crippen LogP contribution in [0.25, 0.3) is 0 Å². The molecule has 0 N–H and O–H groups in total. The fourth-order valence-corrected chi connectivity index (χ4v) is 5.87. The lowest BCUT2D eigenvalue weighted by Gasteiger charge is -2.36. The molecule has 2 aromatic carbocycles. The van der Waals surface area contributed by atoms with Crippen LogP contribution in [-0.2, 0) is 11.2 Å². The summed E-state index contributed by atoms with van der Waals surface area (Å²) >= 11 is 12.5. The van der Waals surface area contributed by atoms with Gasteiger partial charge in [0.05, 0.1) is 6.04 Å². The highest BCUT2D eigenvalue weighted by Gasteiger charge is 2.31. The lowest BCUT2D eigenvalue weighted by molar-refractivity contribution is -0.137. The molecule has 2 saturated heterocycles. The van der Waals surface area contributed by atoms with Crippen molar-refractivity contribution in [2.45, 2.75) is 63.5 Å². The van der Waals surface area contributed by atoms with Gasteiger partial charge in [-0.3, -0.25) is 14.6 Å². The Hall–Kier alpha value is -1.79. The maximum atomic E-state index is 13.5. The first-order valence-electron chi connectivity index (χ1n) is 13.7. The van der Waals surface area contributed by atoms with Gasteiger partial charge in [-0.25, -0.2) is 0 Å². The summed E-state index contributed by atoms with van der Waals surface area (Å²) in [6, 6.07) is 13.7. The maximum absolute atomic E-state index is 13.5. The number of amides is 1. The predicted octanol–water partition coefficient (Wildman–Crippen LogP) is 6.13. The smallest absolute Gasteiger partial charge is 0.240 e. The number of hydrogen-bond donors (Lipinski definition) is 0. The zero-order valence-electron chi connectivity index (χ0n) is 22.5. The van der Waals surface area contributed by atoms with Crippen LogP contribution in [0.5, 0.6) is 5.75 Å². The summed E-state index contributed by atoms with van der Waals surface area (Å²) in [4.78, 5) is 20.1.